The lowest BCUT2D eigenvalue weighted by Crippen LogP contribution is -2.46. The fourth-order valence-electron chi connectivity index (χ4n) is 3.78. The molecule has 2 aliphatic rings. The van der Waals surface area contributed by atoms with Crippen LogP contribution >= 0.6 is 27.5 Å². The van der Waals surface area contributed by atoms with Gasteiger partial charge in [0.1, 0.15) is 5.82 Å². The molecule has 2 N–H and O–H groups in total. The average molecular weight is 605 g/mol. The first-order valence-electron chi connectivity index (χ1n) is 11.4. The van der Waals surface area contributed by atoms with Crippen molar-refractivity contribution in [2.75, 3.05) is 36.4 Å². The molecule has 5 rings (SSSR count). The van der Waals surface area contributed by atoms with Crippen LogP contribution in [0.2, 0.25) is 5.02 Å². The van der Waals surface area contributed by atoms with E-state index in [-0.39, 0.29) is 5.82 Å². The van der Waals surface area contributed by atoms with Crippen molar-refractivity contribution in [3.8, 4) is 0 Å². The van der Waals surface area contributed by atoms with Gasteiger partial charge < -0.3 is 15.3 Å². The number of carbonyl (C=O) groups is 1. The third-order valence-corrected chi connectivity index (χ3v) is 6.57. The van der Waals surface area contributed by atoms with Crippen LogP contribution < -0.4 is 10.2 Å². The van der Waals surface area contributed by atoms with Gasteiger partial charge in [0.15, 0.2) is 11.6 Å². The van der Waals surface area contributed by atoms with Crippen molar-refractivity contribution in [1.29, 1.82) is 0 Å². The van der Waals surface area contributed by atoms with Crippen molar-refractivity contribution >= 4 is 56.2 Å². The predicted molar refractivity (Wildman–Crippen MR) is 136 cm³/mol. The first kappa shape index (κ1) is 27.3. The van der Waals surface area contributed by atoms with E-state index in [1.165, 1.54) is 18.9 Å². The highest BCUT2D eigenvalue weighted by Gasteiger charge is 2.38. The Morgan fingerprint density at radius 2 is 1.76 bits per heavy atom. The molecule has 2 aromatic carbocycles. The molecule has 0 spiro atoms. The summed E-state index contributed by atoms with van der Waals surface area (Å²) < 4.78 is 46.8. The molecule has 2 fully saturated rings. The molecule has 1 aliphatic carbocycles. The van der Waals surface area contributed by atoms with Gasteiger partial charge in [-0.05, 0) is 49.2 Å². The maximum absolute atomic E-state index is 14.1. The number of rotatable bonds is 5. The second-order valence-electron chi connectivity index (χ2n) is 8.75. The van der Waals surface area contributed by atoms with Gasteiger partial charge in [-0.1, -0.05) is 27.5 Å². The zero-order valence-corrected chi connectivity index (χ0v) is 21.7. The summed E-state index contributed by atoms with van der Waals surface area (Å²) in [6.07, 6.45) is -2.73. The van der Waals surface area contributed by atoms with Crippen molar-refractivity contribution in [2.45, 2.75) is 31.6 Å². The number of piperazine rings is 1. The third kappa shape index (κ3) is 7.42. The number of hydrogen-bond donors (Lipinski definition) is 2. The molecule has 37 heavy (non-hydrogen) atoms. The molecule has 0 amide bonds. The summed E-state index contributed by atoms with van der Waals surface area (Å²) in [5.41, 5.74) is 2.41. The van der Waals surface area contributed by atoms with E-state index in [9.17, 15) is 17.6 Å². The Balaban J connectivity index is 0.000000405. The molecule has 0 bridgehead atoms. The van der Waals surface area contributed by atoms with E-state index in [1.54, 1.807) is 12.1 Å². The van der Waals surface area contributed by atoms with Crippen molar-refractivity contribution in [3.05, 3.63) is 57.3 Å². The van der Waals surface area contributed by atoms with Gasteiger partial charge in [0, 0.05) is 53.8 Å². The number of alkyl halides is 3. The number of nitrogens with one attached hydrogen (secondary N) is 1. The first-order valence-corrected chi connectivity index (χ1v) is 12.6. The molecule has 7 nitrogen and oxygen atoms in total. The van der Waals surface area contributed by atoms with Crippen LogP contribution in [0.15, 0.2) is 40.9 Å². The number of aliphatic carboxylic acids is 1. The molecule has 1 saturated carbocycles. The van der Waals surface area contributed by atoms with Crippen LogP contribution in [0.4, 0.5) is 29.2 Å². The van der Waals surface area contributed by atoms with Crippen LogP contribution in [-0.4, -0.2) is 64.3 Å². The molecule has 1 saturated heterocycles. The molecule has 198 valence electrons. The number of carboxylic acids is 1. The van der Waals surface area contributed by atoms with Crippen LogP contribution in [0.25, 0.3) is 11.0 Å². The largest absolute Gasteiger partial charge is 0.490 e. The Morgan fingerprint density at radius 3 is 2.38 bits per heavy atom. The number of hydrogen-bond acceptors (Lipinski definition) is 6. The van der Waals surface area contributed by atoms with Crippen LogP contribution in [-0.2, 0) is 11.3 Å². The minimum Gasteiger partial charge on any atom is -0.475 e. The van der Waals surface area contributed by atoms with Gasteiger partial charge in [0.2, 0.25) is 0 Å². The second kappa shape index (κ2) is 11.4. The first-order chi connectivity index (χ1) is 17.5. The van der Waals surface area contributed by atoms with E-state index in [0.29, 0.717) is 23.2 Å². The molecule has 0 unspecified atom stereocenters. The van der Waals surface area contributed by atoms with E-state index >= 15 is 0 Å². The fourth-order valence-corrected chi connectivity index (χ4v) is 4.32. The van der Waals surface area contributed by atoms with Crippen molar-refractivity contribution in [2.24, 2.45) is 0 Å². The molecular formula is C24H23BrClF4N5O2. The highest BCUT2D eigenvalue weighted by Crippen LogP contribution is 2.32. The molecular weight excluding hydrogens is 582 g/mol. The summed E-state index contributed by atoms with van der Waals surface area (Å²) in [6, 6.07) is 11.2. The van der Waals surface area contributed by atoms with Crippen LogP contribution in [0.1, 0.15) is 18.4 Å². The van der Waals surface area contributed by atoms with Gasteiger partial charge in [-0.3, -0.25) is 4.90 Å². The Labute approximate surface area is 223 Å². The maximum atomic E-state index is 14.1. The van der Waals surface area contributed by atoms with Gasteiger partial charge in [-0.25, -0.2) is 19.2 Å². The van der Waals surface area contributed by atoms with Crippen molar-refractivity contribution in [1.82, 2.24) is 14.9 Å². The normalized spacial score (nSPS) is 16.3. The molecule has 0 atom stereocenters. The molecule has 0 radical (unpaired) electrons. The van der Waals surface area contributed by atoms with E-state index < -0.39 is 12.1 Å². The zero-order valence-electron chi connectivity index (χ0n) is 19.4. The summed E-state index contributed by atoms with van der Waals surface area (Å²) in [5.74, 6) is -1.20. The number of fused-ring (bicyclic) bond motifs is 1. The SMILES string of the molecule is Fc1ccc(Cl)cc1CN1CCN(c2nc3cc(Br)ccc3nc2NC2CC2)CC1.O=C(O)C(F)(F)F. The molecule has 1 aliphatic heterocycles. The zero-order chi connectivity index (χ0) is 26.7. The Morgan fingerprint density at radius 1 is 1.08 bits per heavy atom. The van der Waals surface area contributed by atoms with Gasteiger partial charge in [0.25, 0.3) is 0 Å². The third-order valence-electron chi connectivity index (χ3n) is 5.84. The van der Waals surface area contributed by atoms with E-state index in [2.05, 4.69) is 31.0 Å². The minimum absolute atomic E-state index is 0.205. The van der Waals surface area contributed by atoms with Crippen LogP contribution in [0.3, 0.4) is 0 Å². The van der Waals surface area contributed by atoms with Gasteiger partial charge >= 0.3 is 12.1 Å². The van der Waals surface area contributed by atoms with E-state index in [4.69, 9.17) is 31.5 Å². The number of anilines is 2. The fraction of sp³-hybridized carbons (Fsp3) is 0.375. The number of nitrogens with zero attached hydrogens (tertiary/aromatic N) is 4. The topological polar surface area (TPSA) is 81.6 Å². The van der Waals surface area contributed by atoms with Crippen molar-refractivity contribution < 1.29 is 27.5 Å². The number of carboxylic acid groups (broad SMARTS) is 1. The summed E-state index contributed by atoms with van der Waals surface area (Å²) in [5, 5.41) is 11.2. The van der Waals surface area contributed by atoms with Gasteiger partial charge in [-0.2, -0.15) is 13.2 Å². The lowest BCUT2D eigenvalue weighted by atomic mass is 10.2. The lowest BCUT2D eigenvalue weighted by Gasteiger charge is -2.36. The summed E-state index contributed by atoms with van der Waals surface area (Å²) in [4.78, 5) is 23.2. The van der Waals surface area contributed by atoms with Crippen molar-refractivity contribution in [3.63, 3.8) is 0 Å². The standard InChI is InChI=1S/C22H22BrClFN5.C2HF3O2/c23-15-1-6-19-20(12-15)28-22(21(27-19)26-17-3-4-17)30-9-7-29(8-10-30)13-14-11-16(24)2-5-18(14)25;3-2(4,5)1(6)7/h1-2,5-6,11-12,17H,3-4,7-10,13H2,(H,26,27);(H,6,7). The number of halogens is 6. The highest BCUT2D eigenvalue weighted by atomic mass is 79.9. The summed E-state index contributed by atoms with van der Waals surface area (Å²) in [7, 11) is 0. The Hall–Kier alpha value is -2.70. The molecule has 2 heterocycles. The summed E-state index contributed by atoms with van der Waals surface area (Å²) >= 11 is 9.57. The monoisotopic (exact) mass is 603 g/mol. The molecule has 1 aromatic heterocycles. The number of benzene rings is 2. The van der Waals surface area contributed by atoms with Gasteiger partial charge in [-0.15, -0.1) is 0 Å². The van der Waals surface area contributed by atoms with Crippen LogP contribution in [0, 0.1) is 5.82 Å². The molecule has 3 aromatic rings. The smallest absolute Gasteiger partial charge is 0.475 e. The predicted octanol–water partition coefficient (Wildman–Crippen LogP) is 5.71. The van der Waals surface area contributed by atoms with Crippen LogP contribution in [0.5, 0.6) is 0 Å². The number of aromatic nitrogens is 2. The minimum atomic E-state index is -5.08. The Kier molecular flexibility index (Phi) is 8.39. The van der Waals surface area contributed by atoms with E-state index in [0.717, 1.165) is 53.3 Å². The second-order valence-corrected chi connectivity index (χ2v) is 10.1. The highest BCUT2D eigenvalue weighted by molar-refractivity contribution is 9.10. The molecule has 13 heteroatoms. The lowest BCUT2D eigenvalue weighted by molar-refractivity contribution is -0.192. The average Bonchev–Trinajstić information content (AvgIpc) is 3.66. The maximum Gasteiger partial charge on any atom is 0.490 e. The van der Waals surface area contributed by atoms with Gasteiger partial charge in [0.05, 0.1) is 11.0 Å². The summed E-state index contributed by atoms with van der Waals surface area (Å²) in [6.45, 7) is 3.84. The quantitative estimate of drug-likeness (QED) is 0.361. The Bertz CT molecular complexity index is 1280. The van der Waals surface area contributed by atoms with E-state index in [1.807, 2.05) is 18.2 Å².